The van der Waals surface area contributed by atoms with Crippen LogP contribution in [0, 0.1) is 35.5 Å². The van der Waals surface area contributed by atoms with Crippen molar-refractivity contribution in [2.45, 2.75) is 186 Å². The SMILES string of the molecule is CO[C@H]1C[C@@H]2CC[C@@H](C)[C@@](O)(O2)C(=O)C(=O)N2CCCC[C@H]2C(=O)O[C@H]([C@H](C)C[C@@H]2CC[C@@H](O)[C@H](OC)C2)CC[C@H](C)/C=C(\C)[C@@H](O)[C@@H](O)/C(=N\OCC(=O)O)[C@H](C)C[C@H](C)/C=C/C=CC=C1C. The number of carboxylic acids is 1. The summed E-state index contributed by atoms with van der Waals surface area (Å²) in [5, 5.41) is 58.8. The Bertz CT molecular complexity index is 1830. The lowest BCUT2D eigenvalue weighted by Gasteiger charge is -2.42. The fraction of sp³-hybridized carbons (Fsp3) is 0.750. The molecule has 0 aromatic carbocycles. The van der Waals surface area contributed by atoms with E-state index in [1.54, 1.807) is 28.1 Å². The van der Waals surface area contributed by atoms with Gasteiger partial charge in [-0.1, -0.05) is 76.2 Å². The second-order valence-corrected chi connectivity index (χ2v) is 20.3. The van der Waals surface area contributed by atoms with Gasteiger partial charge < -0.3 is 54.2 Å². The van der Waals surface area contributed by atoms with E-state index in [2.05, 4.69) is 5.16 Å². The zero-order valence-corrected chi connectivity index (χ0v) is 42.0. The molecular formula is C52H82N2O14. The van der Waals surface area contributed by atoms with Crippen molar-refractivity contribution in [3.05, 3.63) is 47.6 Å². The predicted molar refractivity (Wildman–Crippen MR) is 256 cm³/mol. The van der Waals surface area contributed by atoms with Crippen molar-refractivity contribution in [2.24, 2.45) is 40.7 Å². The Morgan fingerprint density at radius 3 is 2.29 bits per heavy atom. The third-order valence-corrected chi connectivity index (χ3v) is 14.7. The topological polar surface area (TPSA) is 231 Å². The molecule has 4 aliphatic rings. The Kier molecular flexibility index (Phi) is 22.6. The van der Waals surface area contributed by atoms with Crippen LogP contribution in [0.1, 0.15) is 132 Å². The number of aliphatic hydroxyl groups excluding tert-OH is 3. The van der Waals surface area contributed by atoms with Crippen molar-refractivity contribution in [1.29, 1.82) is 0 Å². The lowest BCUT2D eigenvalue weighted by molar-refractivity contribution is -0.265. The molecule has 2 bridgehead atoms. The first-order valence-corrected chi connectivity index (χ1v) is 24.9. The number of cyclic esters (lactones) is 1. The van der Waals surface area contributed by atoms with Crippen LogP contribution in [0.2, 0.25) is 0 Å². The van der Waals surface area contributed by atoms with E-state index in [9.17, 15) is 44.7 Å². The maximum atomic E-state index is 14.4. The molecule has 16 nitrogen and oxygen atoms in total. The largest absolute Gasteiger partial charge is 0.479 e. The zero-order chi connectivity index (χ0) is 50.3. The monoisotopic (exact) mass is 959 g/mol. The number of hydrogen-bond acceptors (Lipinski definition) is 14. The van der Waals surface area contributed by atoms with E-state index < -0.39 is 90.5 Å². The number of ether oxygens (including phenoxy) is 4. The van der Waals surface area contributed by atoms with Crippen molar-refractivity contribution in [3.63, 3.8) is 0 Å². The Morgan fingerprint density at radius 1 is 0.868 bits per heavy atom. The number of methoxy groups -OCH3 is 2. The number of oxime groups is 1. The number of piperidine rings is 1. The first kappa shape index (κ1) is 56.8. The molecular weight excluding hydrogens is 877 g/mol. The number of allylic oxidation sites excluding steroid dienone is 6. The standard InChI is InChI=1S/C52H82N2O14/c1-31-15-11-10-12-16-33(3)43(64-8)29-39-21-19-37(7)52(63,68-39)49(60)50(61)54-24-14-13-17-40(54)51(62)67-42(34(4)27-38-20-22-41(55)44(28-38)65-9)23-18-32(2)26-36(6)47(58)48(59)46(35(5)25-31)53-66-30-45(56)57/h10-12,15-16,26,31-32,34-35,37-44,47-48,55,58-59,63H,13-14,17-25,27-30H2,1-9H3,(H,56,57)/b12-10?,15-11+,33-16?,36-26+,53-46-/t31-,32+,34-,35-,37-,38+,39+,40+,41-,42+,43+,44-,47-,48+,52-/m1/s1. The van der Waals surface area contributed by atoms with Gasteiger partial charge in [0.15, 0.2) is 0 Å². The molecule has 384 valence electrons. The summed E-state index contributed by atoms with van der Waals surface area (Å²) in [5.74, 6) is -7.62. The van der Waals surface area contributed by atoms with E-state index in [-0.39, 0.29) is 48.5 Å². The highest BCUT2D eigenvalue weighted by Crippen LogP contribution is 2.38. The molecule has 0 aromatic rings. The number of hydrogen-bond donors (Lipinski definition) is 5. The lowest BCUT2D eigenvalue weighted by atomic mass is 9.78. The molecule has 5 N–H and O–H groups in total. The van der Waals surface area contributed by atoms with Crippen molar-refractivity contribution in [1.82, 2.24) is 4.90 Å². The summed E-state index contributed by atoms with van der Waals surface area (Å²) in [6, 6.07) is -1.06. The highest BCUT2D eigenvalue weighted by atomic mass is 16.6. The number of carbonyl (C=O) groups is 4. The van der Waals surface area contributed by atoms with E-state index >= 15 is 0 Å². The number of fused-ring (bicyclic) bond motifs is 3. The molecule has 15 atom stereocenters. The summed E-state index contributed by atoms with van der Waals surface area (Å²) >= 11 is 0. The van der Waals surface area contributed by atoms with E-state index in [1.807, 2.05) is 71.1 Å². The average molecular weight is 959 g/mol. The van der Waals surface area contributed by atoms with Crippen LogP contribution in [-0.2, 0) is 43.0 Å². The maximum absolute atomic E-state index is 14.4. The highest BCUT2D eigenvalue weighted by Gasteiger charge is 2.53. The summed E-state index contributed by atoms with van der Waals surface area (Å²) in [4.78, 5) is 60.5. The third-order valence-electron chi connectivity index (χ3n) is 14.7. The molecule has 0 spiro atoms. The van der Waals surface area contributed by atoms with Crippen LogP contribution >= 0.6 is 0 Å². The average Bonchev–Trinajstić information content (AvgIpc) is 3.30. The number of carbonyl (C=O) groups excluding carboxylic acids is 3. The molecule has 2 saturated heterocycles. The summed E-state index contributed by atoms with van der Waals surface area (Å²) in [6.45, 7) is 12.5. The van der Waals surface area contributed by atoms with Gasteiger partial charge >= 0.3 is 11.9 Å². The van der Waals surface area contributed by atoms with Crippen LogP contribution in [0.3, 0.4) is 0 Å². The minimum Gasteiger partial charge on any atom is -0.479 e. The van der Waals surface area contributed by atoms with Gasteiger partial charge in [-0.15, -0.1) is 0 Å². The van der Waals surface area contributed by atoms with Crippen molar-refractivity contribution in [3.8, 4) is 0 Å². The van der Waals surface area contributed by atoms with Crippen LogP contribution < -0.4 is 0 Å². The molecule has 3 fully saturated rings. The van der Waals surface area contributed by atoms with Crippen molar-refractivity contribution >= 4 is 29.3 Å². The highest BCUT2D eigenvalue weighted by molar-refractivity contribution is 6.39. The third kappa shape index (κ3) is 15.9. The van der Waals surface area contributed by atoms with Crippen molar-refractivity contribution < 1.29 is 68.5 Å². The number of rotatable bonds is 8. The molecule has 0 aromatic heterocycles. The van der Waals surface area contributed by atoms with Gasteiger partial charge in [0.2, 0.25) is 12.4 Å². The lowest BCUT2D eigenvalue weighted by Crippen LogP contribution is -2.61. The molecule has 3 aliphatic heterocycles. The van der Waals surface area contributed by atoms with Gasteiger partial charge in [-0.05, 0) is 126 Å². The van der Waals surface area contributed by atoms with E-state index in [0.717, 1.165) is 12.0 Å². The van der Waals surface area contributed by atoms with Gasteiger partial charge in [0.05, 0.1) is 30.1 Å². The fourth-order valence-corrected chi connectivity index (χ4v) is 10.4. The van der Waals surface area contributed by atoms with Gasteiger partial charge in [-0.2, -0.15) is 0 Å². The molecule has 0 radical (unpaired) electrons. The summed E-state index contributed by atoms with van der Waals surface area (Å²) in [6.07, 6.45) is 12.8. The number of Topliss-reactive ketones (excluding diaryl/α,β-unsaturated/α-hetero) is 1. The molecule has 1 amide bonds. The Balaban J connectivity index is 1.70. The molecule has 68 heavy (non-hydrogen) atoms. The van der Waals surface area contributed by atoms with E-state index in [1.165, 1.54) is 4.90 Å². The minimum atomic E-state index is -2.41. The van der Waals surface area contributed by atoms with E-state index in [0.29, 0.717) is 76.2 Å². The minimum absolute atomic E-state index is 0.0244. The number of esters is 1. The van der Waals surface area contributed by atoms with Crippen LogP contribution in [0.25, 0.3) is 0 Å². The normalized spacial score (nSPS) is 38.4. The van der Waals surface area contributed by atoms with Gasteiger partial charge in [-0.3, -0.25) is 9.59 Å². The molecule has 4 rings (SSSR count). The van der Waals surface area contributed by atoms with E-state index in [4.69, 9.17) is 23.8 Å². The number of aliphatic carboxylic acids is 1. The molecule has 0 unspecified atom stereocenters. The molecule has 16 heteroatoms. The zero-order valence-electron chi connectivity index (χ0n) is 42.0. The van der Waals surface area contributed by atoms with Gasteiger partial charge in [0, 0.05) is 39.0 Å². The smallest absolute Gasteiger partial charge is 0.344 e. The van der Waals surface area contributed by atoms with Crippen LogP contribution in [0.5, 0.6) is 0 Å². The van der Waals surface area contributed by atoms with Crippen LogP contribution in [0.4, 0.5) is 0 Å². The number of aliphatic hydroxyl groups is 4. The molecule has 3 heterocycles. The Morgan fingerprint density at radius 2 is 1.60 bits per heavy atom. The summed E-state index contributed by atoms with van der Waals surface area (Å²) in [5.41, 5.74) is 1.44. The summed E-state index contributed by atoms with van der Waals surface area (Å²) < 4.78 is 24.0. The Hall–Kier alpha value is -3.77. The van der Waals surface area contributed by atoms with Gasteiger partial charge in [0.25, 0.3) is 11.7 Å². The number of nitrogens with zero attached hydrogens (tertiary/aromatic N) is 2. The second-order valence-electron chi connectivity index (χ2n) is 20.3. The van der Waals surface area contributed by atoms with Crippen LogP contribution in [0.15, 0.2) is 52.8 Å². The second kappa shape index (κ2) is 27.0. The molecule has 1 saturated carbocycles. The summed E-state index contributed by atoms with van der Waals surface area (Å²) in [7, 11) is 3.16. The Labute approximate surface area is 403 Å². The van der Waals surface area contributed by atoms with Gasteiger partial charge in [-0.25, -0.2) is 9.59 Å². The fourth-order valence-electron chi connectivity index (χ4n) is 10.4. The molecule has 1 aliphatic carbocycles. The van der Waals surface area contributed by atoms with Crippen molar-refractivity contribution in [2.75, 3.05) is 27.4 Å². The first-order valence-electron chi connectivity index (χ1n) is 24.9. The first-order chi connectivity index (χ1) is 32.2. The van der Waals surface area contributed by atoms with Gasteiger partial charge in [0.1, 0.15) is 24.4 Å². The predicted octanol–water partition coefficient (Wildman–Crippen LogP) is 6.24. The quantitative estimate of drug-likeness (QED) is 0.0786. The number of carboxylic acid groups (broad SMARTS) is 1. The van der Waals surface area contributed by atoms with Crippen LogP contribution in [-0.4, -0.2) is 142 Å². The number of amides is 1. The number of ketones is 1. The maximum Gasteiger partial charge on any atom is 0.344 e.